The Kier molecular flexibility index (Phi) is 9.55. The van der Waals surface area contributed by atoms with E-state index in [9.17, 15) is 27.9 Å². The molecule has 2 aliphatic heterocycles. The third-order valence-electron chi connectivity index (χ3n) is 11.6. The fraction of sp³-hybridized carbons (Fsp3) is 0.706. The summed E-state index contributed by atoms with van der Waals surface area (Å²) in [4.78, 5) is 31.0. The van der Waals surface area contributed by atoms with E-state index in [2.05, 4.69) is 40.5 Å². The van der Waals surface area contributed by atoms with Crippen molar-refractivity contribution in [3.05, 3.63) is 36.2 Å². The monoisotopic (exact) mass is 618 g/mol. The first-order chi connectivity index (χ1) is 20.5. The predicted molar refractivity (Wildman–Crippen MR) is 165 cm³/mol. The quantitative estimate of drug-likeness (QED) is 0.294. The first-order valence-electron chi connectivity index (χ1n) is 16.1. The van der Waals surface area contributed by atoms with E-state index < -0.39 is 53.8 Å². The van der Waals surface area contributed by atoms with E-state index in [4.69, 9.17) is 5.73 Å². The van der Waals surface area contributed by atoms with Gasteiger partial charge in [0, 0.05) is 50.0 Å². The fourth-order valence-electron chi connectivity index (χ4n) is 9.72. The van der Waals surface area contributed by atoms with E-state index in [1.165, 1.54) is 10.6 Å². The zero-order chi connectivity index (χ0) is 30.6. The molecule has 3 aliphatic carbocycles. The van der Waals surface area contributed by atoms with Gasteiger partial charge in [-0.1, -0.05) is 39.0 Å². The molecule has 0 aromatic carbocycles. The van der Waals surface area contributed by atoms with Crippen LogP contribution in [0.2, 0.25) is 0 Å². The Balaban J connectivity index is 0.00000384. The van der Waals surface area contributed by atoms with Gasteiger partial charge in [0.2, 0.25) is 11.8 Å². The van der Waals surface area contributed by atoms with Crippen LogP contribution in [0.5, 0.6) is 0 Å². The smallest absolute Gasteiger partial charge is 0.379 e. The number of aromatic nitrogens is 1. The van der Waals surface area contributed by atoms with Gasteiger partial charge in [-0.2, -0.15) is 13.2 Å². The molecule has 0 radical (unpaired) electrons. The van der Waals surface area contributed by atoms with E-state index in [1.54, 1.807) is 0 Å². The minimum absolute atomic E-state index is 0. The van der Waals surface area contributed by atoms with Gasteiger partial charge >= 0.3 is 6.18 Å². The Morgan fingerprint density at radius 1 is 1.05 bits per heavy atom. The third kappa shape index (κ3) is 5.60. The van der Waals surface area contributed by atoms with E-state index in [-0.39, 0.29) is 32.2 Å². The van der Waals surface area contributed by atoms with Gasteiger partial charge in [-0.05, 0) is 80.4 Å². The van der Waals surface area contributed by atoms with Crippen LogP contribution in [0.4, 0.5) is 13.2 Å². The number of nitrogens with zero attached hydrogens (tertiary/aromatic N) is 3. The zero-order valence-corrected chi connectivity index (χ0v) is 25.0. The molecule has 6 rings (SSSR count). The minimum Gasteiger partial charge on any atom is -0.379 e. The summed E-state index contributed by atoms with van der Waals surface area (Å²) in [5.41, 5.74) is 7.95. The molecular formula is C34H49F3N4O3. The lowest BCUT2D eigenvalue weighted by molar-refractivity contribution is -0.218. The molecule has 2 amide bonds. The van der Waals surface area contributed by atoms with Crippen LogP contribution in [0.15, 0.2) is 24.9 Å². The Morgan fingerprint density at radius 2 is 1.66 bits per heavy atom. The van der Waals surface area contributed by atoms with Crippen LogP contribution >= 0.6 is 0 Å². The number of aliphatic hydroxyl groups excluding tert-OH is 1. The second-order valence-corrected chi connectivity index (χ2v) is 13.6. The summed E-state index contributed by atoms with van der Waals surface area (Å²) >= 11 is 0. The molecular weight excluding hydrogens is 569 g/mol. The number of alkyl halides is 3. The highest BCUT2D eigenvalue weighted by molar-refractivity contribution is 6.06. The lowest BCUT2D eigenvalue weighted by Crippen LogP contribution is -2.50. The summed E-state index contributed by atoms with van der Waals surface area (Å²) in [5, 5.41) is 10.1. The molecule has 3 heterocycles. The van der Waals surface area contributed by atoms with Gasteiger partial charge < -0.3 is 20.3 Å². The normalized spacial score (nSPS) is 35.4. The molecule has 44 heavy (non-hydrogen) atoms. The van der Waals surface area contributed by atoms with Crippen LogP contribution in [-0.4, -0.2) is 69.9 Å². The molecule has 2 bridgehead atoms. The van der Waals surface area contributed by atoms with Gasteiger partial charge in [0.15, 0.2) is 0 Å². The lowest BCUT2D eigenvalue weighted by Gasteiger charge is -2.40. The number of aliphatic hydroxyl groups is 1. The summed E-state index contributed by atoms with van der Waals surface area (Å²) < 4.78 is 44.5. The van der Waals surface area contributed by atoms with Crippen molar-refractivity contribution in [2.45, 2.75) is 77.7 Å². The average molecular weight is 619 g/mol. The van der Waals surface area contributed by atoms with Crippen LogP contribution in [0.25, 0.3) is 12.2 Å². The van der Waals surface area contributed by atoms with Crippen molar-refractivity contribution in [3.63, 3.8) is 0 Å². The van der Waals surface area contributed by atoms with E-state index in [0.29, 0.717) is 12.0 Å². The molecule has 5 fully saturated rings. The number of carbonyl (C=O) groups excluding carboxylic acids is 2. The van der Waals surface area contributed by atoms with Crippen molar-refractivity contribution in [1.29, 1.82) is 0 Å². The largest absolute Gasteiger partial charge is 0.392 e. The second-order valence-electron chi connectivity index (χ2n) is 13.6. The lowest BCUT2D eigenvalue weighted by atomic mass is 9.68. The standard InChI is InChI=1S/C33H45F3N4O3.CH4/c1-3-7-25-19(4-2)10-15-39(25)22-11-13-38(14-12-22)17-20-8-5-6-9-21(20)18-40-31(42)26-23-16-24(27(26)32(40)43)29(33(34,35)36)28(23)30(37)41;/h3-4,7,10,15,20-24,26-30,41H,2,5-6,8-9,11-14,16-18,37H2,1H3;1H4/b7-3-;. The van der Waals surface area contributed by atoms with Gasteiger partial charge in [0.1, 0.15) is 6.23 Å². The number of fused-ring (bicyclic) bond motifs is 5. The van der Waals surface area contributed by atoms with Crippen LogP contribution < -0.4 is 5.73 Å². The van der Waals surface area contributed by atoms with Crippen molar-refractivity contribution in [3.8, 4) is 0 Å². The van der Waals surface area contributed by atoms with Crippen molar-refractivity contribution >= 4 is 24.0 Å². The van der Waals surface area contributed by atoms with Crippen molar-refractivity contribution < 1.29 is 27.9 Å². The number of allylic oxidation sites excluding steroid dienone is 1. The highest BCUT2D eigenvalue weighted by Gasteiger charge is 2.72. The predicted octanol–water partition coefficient (Wildman–Crippen LogP) is 5.57. The number of halogens is 3. The minimum atomic E-state index is -4.57. The maximum atomic E-state index is 14.1. The molecule has 1 aromatic heterocycles. The molecule has 5 aliphatic rings. The Labute approximate surface area is 259 Å². The molecule has 10 heteroatoms. The van der Waals surface area contributed by atoms with Gasteiger partial charge in [-0.15, -0.1) is 0 Å². The summed E-state index contributed by atoms with van der Waals surface area (Å²) in [6, 6.07) is 2.54. The van der Waals surface area contributed by atoms with Gasteiger partial charge in [-0.25, -0.2) is 0 Å². The second kappa shape index (κ2) is 12.8. The number of carbonyl (C=O) groups is 2. The van der Waals surface area contributed by atoms with Crippen LogP contribution in [0.1, 0.15) is 76.6 Å². The van der Waals surface area contributed by atoms with Crippen molar-refractivity contribution in [1.82, 2.24) is 14.4 Å². The van der Waals surface area contributed by atoms with Gasteiger partial charge in [0.05, 0.1) is 17.8 Å². The average Bonchev–Trinajstić information content (AvgIpc) is 3.72. The SMILES string of the molecule is C.C=Cc1ccn(C2CCN(CC3CCCCC3CN3C(=O)C4C5CC(C4C3=O)C(C(F)(F)F)C5C(N)O)CC2)c1/C=C\C. The first-order valence-corrected chi connectivity index (χ1v) is 16.1. The van der Waals surface area contributed by atoms with E-state index >= 15 is 0 Å². The van der Waals surface area contributed by atoms with Crippen LogP contribution in [0, 0.1) is 47.3 Å². The van der Waals surface area contributed by atoms with Crippen LogP contribution in [-0.2, 0) is 9.59 Å². The molecule has 7 nitrogen and oxygen atoms in total. The highest BCUT2D eigenvalue weighted by Crippen LogP contribution is 2.65. The summed E-state index contributed by atoms with van der Waals surface area (Å²) in [7, 11) is 0. The molecule has 9 atom stereocenters. The Bertz CT molecular complexity index is 1250. The fourth-order valence-corrected chi connectivity index (χ4v) is 9.72. The molecule has 9 unspecified atom stereocenters. The number of amides is 2. The first kappa shape index (κ1) is 32.9. The number of hydrogen-bond acceptors (Lipinski definition) is 5. The number of hydrogen-bond donors (Lipinski definition) is 2. The topological polar surface area (TPSA) is 91.8 Å². The summed E-state index contributed by atoms with van der Waals surface area (Å²) in [5.74, 6) is -6.81. The summed E-state index contributed by atoms with van der Waals surface area (Å²) in [6.45, 7) is 9.12. The zero-order valence-electron chi connectivity index (χ0n) is 25.0. The Hall–Kier alpha value is -2.43. The number of piperidine rings is 1. The van der Waals surface area contributed by atoms with Crippen LogP contribution in [0.3, 0.4) is 0 Å². The molecule has 244 valence electrons. The molecule has 1 aromatic rings. The maximum Gasteiger partial charge on any atom is 0.392 e. The van der Waals surface area contributed by atoms with E-state index in [0.717, 1.165) is 63.7 Å². The molecule has 3 N–H and O–H groups in total. The van der Waals surface area contributed by atoms with Crippen molar-refractivity contribution in [2.24, 2.45) is 53.1 Å². The number of rotatable bonds is 8. The van der Waals surface area contributed by atoms with E-state index in [1.807, 2.05) is 13.0 Å². The highest BCUT2D eigenvalue weighted by atomic mass is 19.4. The number of likely N-dealkylation sites (tertiary alicyclic amines) is 2. The molecule has 0 spiro atoms. The van der Waals surface area contributed by atoms with Gasteiger partial charge in [-0.3, -0.25) is 14.5 Å². The number of nitrogens with two attached hydrogens (primary N) is 1. The Morgan fingerprint density at radius 3 is 2.23 bits per heavy atom. The summed E-state index contributed by atoms with van der Waals surface area (Å²) in [6.07, 6.45) is 8.29. The molecule has 3 saturated carbocycles. The number of imide groups is 1. The van der Waals surface area contributed by atoms with Gasteiger partial charge in [0.25, 0.3) is 0 Å². The third-order valence-corrected chi connectivity index (χ3v) is 11.6. The maximum absolute atomic E-state index is 14.1. The molecule has 2 saturated heterocycles. The van der Waals surface area contributed by atoms with Crippen molar-refractivity contribution in [2.75, 3.05) is 26.2 Å².